The fraction of sp³-hybridized carbons (Fsp3) is 0.125. The molecule has 0 aliphatic carbocycles. The lowest BCUT2D eigenvalue weighted by Crippen LogP contribution is -1.98. The monoisotopic (exact) mass is 371 g/mol. The summed E-state index contributed by atoms with van der Waals surface area (Å²) in [5.74, 6) is 1.33. The molecule has 1 aromatic heterocycles. The van der Waals surface area contributed by atoms with E-state index in [1.165, 1.54) is 0 Å². The summed E-state index contributed by atoms with van der Waals surface area (Å²) in [6.07, 6.45) is 0. The van der Waals surface area contributed by atoms with Crippen molar-refractivity contribution in [1.29, 1.82) is 0 Å². The van der Waals surface area contributed by atoms with Crippen molar-refractivity contribution in [1.82, 2.24) is 4.98 Å². The predicted octanol–water partition coefficient (Wildman–Crippen LogP) is 4.98. The number of rotatable bonds is 6. The van der Waals surface area contributed by atoms with Crippen LogP contribution in [0.15, 0.2) is 78.9 Å². The summed E-state index contributed by atoms with van der Waals surface area (Å²) in [5.41, 5.74) is 4.49. The minimum atomic E-state index is -0.0363. The van der Waals surface area contributed by atoms with Crippen LogP contribution in [0, 0.1) is 0 Å². The van der Waals surface area contributed by atoms with Crippen LogP contribution in [-0.4, -0.2) is 17.2 Å². The van der Waals surface area contributed by atoms with Gasteiger partial charge in [-0.05, 0) is 41.5 Å². The number of aliphatic hydroxyl groups excluding tert-OH is 1. The Morgan fingerprint density at radius 1 is 0.857 bits per heavy atom. The lowest BCUT2D eigenvalue weighted by molar-refractivity contribution is 0.283. The first kappa shape index (κ1) is 18.0. The van der Waals surface area contributed by atoms with Crippen LogP contribution in [0.25, 0.3) is 22.2 Å². The van der Waals surface area contributed by atoms with Crippen molar-refractivity contribution in [3.05, 3.63) is 90.0 Å². The molecule has 0 aliphatic heterocycles. The second-order valence-corrected chi connectivity index (χ2v) is 6.48. The molecule has 140 valence electrons. The second-order valence-electron chi connectivity index (χ2n) is 6.48. The molecule has 0 fully saturated rings. The van der Waals surface area contributed by atoms with Gasteiger partial charge in [0.25, 0.3) is 0 Å². The normalized spacial score (nSPS) is 10.8. The van der Waals surface area contributed by atoms with Gasteiger partial charge in [-0.3, -0.25) is 0 Å². The number of pyridine rings is 1. The molecule has 4 nitrogen and oxygen atoms in total. The van der Waals surface area contributed by atoms with Gasteiger partial charge in [-0.25, -0.2) is 4.98 Å². The van der Waals surface area contributed by atoms with E-state index < -0.39 is 0 Å². The average molecular weight is 371 g/mol. The number of para-hydroxylation sites is 1. The van der Waals surface area contributed by atoms with Gasteiger partial charge in [-0.15, -0.1) is 0 Å². The standard InChI is InChI=1S/C24H21NO3/c1-27-24-14-18(11-12-23(24)28-16-17-7-3-2-4-8-17)22-13-19(15-26)20-9-5-6-10-21(20)25-22/h2-14,26H,15-16H2,1H3. The topological polar surface area (TPSA) is 51.6 Å². The van der Waals surface area contributed by atoms with Gasteiger partial charge >= 0.3 is 0 Å². The van der Waals surface area contributed by atoms with Gasteiger partial charge in [-0.1, -0.05) is 48.5 Å². The molecule has 0 saturated heterocycles. The summed E-state index contributed by atoms with van der Waals surface area (Å²) in [7, 11) is 1.63. The molecule has 0 spiro atoms. The predicted molar refractivity (Wildman–Crippen MR) is 110 cm³/mol. The maximum absolute atomic E-state index is 9.76. The number of benzene rings is 3. The Labute approximate surface area is 164 Å². The third kappa shape index (κ3) is 3.68. The smallest absolute Gasteiger partial charge is 0.161 e. The van der Waals surface area contributed by atoms with Crippen LogP contribution in [-0.2, 0) is 13.2 Å². The minimum absolute atomic E-state index is 0.0363. The van der Waals surface area contributed by atoms with E-state index >= 15 is 0 Å². The number of aliphatic hydroxyl groups is 1. The Morgan fingerprint density at radius 3 is 2.43 bits per heavy atom. The second kappa shape index (κ2) is 8.11. The van der Waals surface area contributed by atoms with Gasteiger partial charge in [-0.2, -0.15) is 0 Å². The van der Waals surface area contributed by atoms with E-state index in [0.29, 0.717) is 18.1 Å². The highest BCUT2D eigenvalue weighted by Crippen LogP contribution is 2.33. The quantitative estimate of drug-likeness (QED) is 0.519. The van der Waals surface area contributed by atoms with E-state index in [0.717, 1.165) is 33.3 Å². The number of methoxy groups -OCH3 is 1. The molecule has 1 N–H and O–H groups in total. The molecule has 3 aromatic carbocycles. The molecule has 4 aromatic rings. The number of hydrogen-bond donors (Lipinski definition) is 1. The molecule has 0 saturated carbocycles. The molecule has 4 heteroatoms. The molecule has 1 heterocycles. The highest BCUT2D eigenvalue weighted by Gasteiger charge is 2.11. The van der Waals surface area contributed by atoms with E-state index in [9.17, 15) is 5.11 Å². The largest absolute Gasteiger partial charge is 0.493 e. The first-order chi connectivity index (χ1) is 13.8. The summed E-state index contributed by atoms with van der Waals surface area (Å²) in [6.45, 7) is 0.435. The number of nitrogens with zero attached hydrogens (tertiary/aromatic N) is 1. The SMILES string of the molecule is COc1cc(-c2cc(CO)c3ccccc3n2)ccc1OCc1ccccc1. The zero-order valence-electron chi connectivity index (χ0n) is 15.6. The maximum atomic E-state index is 9.76. The zero-order valence-corrected chi connectivity index (χ0v) is 15.6. The maximum Gasteiger partial charge on any atom is 0.161 e. The Kier molecular flexibility index (Phi) is 5.22. The van der Waals surface area contributed by atoms with Crippen LogP contribution in [0.5, 0.6) is 11.5 Å². The first-order valence-electron chi connectivity index (χ1n) is 9.13. The van der Waals surface area contributed by atoms with Crippen molar-refractivity contribution in [3.63, 3.8) is 0 Å². The van der Waals surface area contributed by atoms with E-state index in [4.69, 9.17) is 14.5 Å². The zero-order chi connectivity index (χ0) is 19.3. The Bertz CT molecular complexity index is 1090. The van der Waals surface area contributed by atoms with Crippen molar-refractivity contribution < 1.29 is 14.6 Å². The van der Waals surface area contributed by atoms with Gasteiger partial charge < -0.3 is 14.6 Å². The Morgan fingerprint density at radius 2 is 1.64 bits per heavy atom. The molecule has 0 amide bonds. The molecule has 4 rings (SSSR count). The fourth-order valence-corrected chi connectivity index (χ4v) is 3.21. The van der Waals surface area contributed by atoms with Crippen LogP contribution < -0.4 is 9.47 Å². The molecule has 0 radical (unpaired) electrons. The lowest BCUT2D eigenvalue weighted by Gasteiger charge is -2.13. The number of aromatic nitrogens is 1. The number of fused-ring (bicyclic) bond motifs is 1. The van der Waals surface area contributed by atoms with Crippen molar-refractivity contribution in [2.75, 3.05) is 7.11 Å². The number of hydrogen-bond acceptors (Lipinski definition) is 4. The Hall–Kier alpha value is -3.37. The van der Waals surface area contributed by atoms with Crippen molar-refractivity contribution >= 4 is 10.9 Å². The minimum Gasteiger partial charge on any atom is -0.493 e. The summed E-state index contributed by atoms with van der Waals surface area (Å²) in [6, 6.07) is 25.5. The molecule has 0 bridgehead atoms. The molecule has 0 atom stereocenters. The van der Waals surface area contributed by atoms with Gasteiger partial charge in [0.05, 0.1) is 24.9 Å². The van der Waals surface area contributed by atoms with Crippen LogP contribution in [0.1, 0.15) is 11.1 Å². The van der Waals surface area contributed by atoms with Crippen molar-refractivity contribution in [2.45, 2.75) is 13.2 Å². The van der Waals surface area contributed by atoms with Crippen molar-refractivity contribution in [2.24, 2.45) is 0 Å². The lowest BCUT2D eigenvalue weighted by atomic mass is 10.0. The van der Waals surface area contributed by atoms with Gasteiger partial charge in [0.15, 0.2) is 11.5 Å². The Balaban J connectivity index is 1.66. The molecule has 0 aliphatic rings. The van der Waals surface area contributed by atoms with Crippen LogP contribution >= 0.6 is 0 Å². The highest BCUT2D eigenvalue weighted by molar-refractivity contribution is 5.85. The summed E-state index contributed by atoms with van der Waals surface area (Å²) in [5, 5.41) is 10.7. The summed E-state index contributed by atoms with van der Waals surface area (Å²) < 4.78 is 11.5. The highest BCUT2D eigenvalue weighted by atomic mass is 16.5. The third-order valence-electron chi connectivity index (χ3n) is 4.67. The average Bonchev–Trinajstić information content (AvgIpc) is 2.77. The summed E-state index contributed by atoms with van der Waals surface area (Å²) in [4.78, 5) is 4.75. The molecular formula is C24H21NO3. The molecule has 0 unspecified atom stereocenters. The molecule has 28 heavy (non-hydrogen) atoms. The van der Waals surface area contributed by atoms with E-state index in [-0.39, 0.29) is 6.61 Å². The van der Waals surface area contributed by atoms with E-state index in [2.05, 4.69) is 0 Å². The first-order valence-corrected chi connectivity index (χ1v) is 9.13. The summed E-state index contributed by atoms with van der Waals surface area (Å²) >= 11 is 0. The van der Waals surface area contributed by atoms with Crippen LogP contribution in [0.4, 0.5) is 0 Å². The van der Waals surface area contributed by atoms with Crippen LogP contribution in [0.2, 0.25) is 0 Å². The van der Waals surface area contributed by atoms with Gasteiger partial charge in [0.1, 0.15) is 6.61 Å². The van der Waals surface area contributed by atoms with Gasteiger partial charge in [0.2, 0.25) is 0 Å². The number of ether oxygens (including phenoxy) is 2. The molecular weight excluding hydrogens is 350 g/mol. The van der Waals surface area contributed by atoms with Crippen LogP contribution in [0.3, 0.4) is 0 Å². The van der Waals surface area contributed by atoms with E-state index in [1.54, 1.807) is 7.11 Å². The third-order valence-corrected chi connectivity index (χ3v) is 4.67. The van der Waals surface area contributed by atoms with E-state index in [1.807, 2.05) is 78.9 Å². The van der Waals surface area contributed by atoms with Gasteiger partial charge in [0, 0.05) is 10.9 Å². The fourth-order valence-electron chi connectivity index (χ4n) is 3.21. The van der Waals surface area contributed by atoms with Crippen molar-refractivity contribution in [3.8, 4) is 22.8 Å².